The summed E-state index contributed by atoms with van der Waals surface area (Å²) in [6, 6.07) is 11.5. The first-order valence-electron chi connectivity index (χ1n) is 6.76. The van der Waals surface area contributed by atoms with Crippen LogP contribution in [0.25, 0.3) is 0 Å². The van der Waals surface area contributed by atoms with Crippen LogP contribution < -0.4 is 0 Å². The quantitative estimate of drug-likeness (QED) is 0.739. The number of benzene rings is 2. The van der Waals surface area contributed by atoms with Crippen molar-refractivity contribution in [1.29, 1.82) is 0 Å². The highest BCUT2D eigenvalue weighted by molar-refractivity contribution is 6.49. The molecule has 1 unspecified atom stereocenters. The molecule has 0 amide bonds. The number of ketones is 2. The summed E-state index contributed by atoms with van der Waals surface area (Å²) in [7, 11) is 0. The molecule has 0 bridgehead atoms. The van der Waals surface area contributed by atoms with Crippen molar-refractivity contribution < 1.29 is 9.59 Å². The van der Waals surface area contributed by atoms with Gasteiger partial charge < -0.3 is 0 Å². The van der Waals surface area contributed by atoms with Gasteiger partial charge in [-0.3, -0.25) is 9.59 Å². The van der Waals surface area contributed by atoms with Gasteiger partial charge in [0.05, 0.1) is 5.92 Å². The summed E-state index contributed by atoms with van der Waals surface area (Å²) < 4.78 is 0. The molecule has 2 heteroatoms. The van der Waals surface area contributed by atoms with Crippen molar-refractivity contribution in [1.82, 2.24) is 0 Å². The molecule has 2 aromatic rings. The van der Waals surface area contributed by atoms with Crippen LogP contribution in [0.2, 0.25) is 0 Å². The fourth-order valence-electron chi connectivity index (χ4n) is 3.29. The Morgan fingerprint density at radius 1 is 0.900 bits per heavy atom. The lowest BCUT2D eigenvalue weighted by molar-refractivity contribution is -0.115. The molecule has 0 aliphatic heterocycles. The minimum Gasteiger partial charge on any atom is -0.289 e. The highest BCUT2D eigenvalue weighted by Gasteiger charge is 2.40. The molecule has 100 valence electrons. The maximum absolute atomic E-state index is 12.4. The lowest BCUT2D eigenvalue weighted by atomic mass is 9.85. The van der Waals surface area contributed by atoms with Gasteiger partial charge in [0.15, 0.2) is 0 Å². The molecular weight excluding hydrogens is 248 g/mol. The van der Waals surface area contributed by atoms with Crippen LogP contribution >= 0.6 is 0 Å². The molecule has 1 aliphatic rings. The van der Waals surface area contributed by atoms with Gasteiger partial charge in [-0.25, -0.2) is 0 Å². The largest absolute Gasteiger partial charge is 0.289 e. The van der Waals surface area contributed by atoms with Crippen LogP contribution in [0, 0.1) is 20.8 Å². The van der Waals surface area contributed by atoms with Crippen LogP contribution in [-0.4, -0.2) is 11.6 Å². The number of hydrogen-bond acceptors (Lipinski definition) is 2. The van der Waals surface area contributed by atoms with E-state index in [-0.39, 0.29) is 11.6 Å². The summed E-state index contributed by atoms with van der Waals surface area (Å²) in [6.07, 6.45) is 0. The van der Waals surface area contributed by atoms with E-state index in [2.05, 4.69) is 12.1 Å². The Hall–Kier alpha value is -2.22. The van der Waals surface area contributed by atoms with Gasteiger partial charge >= 0.3 is 0 Å². The van der Waals surface area contributed by atoms with Gasteiger partial charge in [-0.2, -0.15) is 0 Å². The third-order valence-electron chi connectivity index (χ3n) is 4.03. The summed E-state index contributed by atoms with van der Waals surface area (Å²) in [4.78, 5) is 24.5. The van der Waals surface area contributed by atoms with Gasteiger partial charge in [0.25, 0.3) is 0 Å². The van der Waals surface area contributed by atoms with Crippen molar-refractivity contribution in [2.75, 3.05) is 0 Å². The third-order valence-corrected chi connectivity index (χ3v) is 4.03. The monoisotopic (exact) mass is 264 g/mol. The zero-order valence-electron chi connectivity index (χ0n) is 11.9. The van der Waals surface area contributed by atoms with Crippen molar-refractivity contribution >= 4 is 11.6 Å². The maximum atomic E-state index is 12.4. The molecule has 0 radical (unpaired) electrons. The molecule has 0 saturated heterocycles. The molecular formula is C18H16O2. The van der Waals surface area contributed by atoms with E-state index < -0.39 is 5.92 Å². The lowest BCUT2D eigenvalue weighted by Gasteiger charge is -2.17. The van der Waals surface area contributed by atoms with Gasteiger partial charge in [0.1, 0.15) is 0 Å². The first-order valence-corrected chi connectivity index (χ1v) is 6.76. The summed E-state index contributed by atoms with van der Waals surface area (Å²) >= 11 is 0. The zero-order chi connectivity index (χ0) is 14.4. The molecule has 1 aliphatic carbocycles. The Balaban J connectivity index is 2.26. The van der Waals surface area contributed by atoms with E-state index in [9.17, 15) is 9.59 Å². The smallest absolute Gasteiger partial charge is 0.229 e. The topological polar surface area (TPSA) is 34.1 Å². The number of Topliss-reactive ketones (excluding diaryl/α,β-unsaturated/α-hetero) is 2. The van der Waals surface area contributed by atoms with E-state index in [0.717, 1.165) is 22.3 Å². The van der Waals surface area contributed by atoms with Crippen LogP contribution in [0.1, 0.15) is 44.1 Å². The lowest BCUT2D eigenvalue weighted by Crippen LogP contribution is -2.15. The number of fused-ring (bicyclic) bond motifs is 1. The normalized spacial score (nSPS) is 17.4. The predicted octanol–water partition coefficient (Wildman–Crippen LogP) is 3.51. The Morgan fingerprint density at radius 3 is 2.15 bits per heavy atom. The fraction of sp³-hybridized carbons (Fsp3) is 0.222. The summed E-state index contributed by atoms with van der Waals surface area (Å²) in [5.74, 6) is -1.09. The van der Waals surface area contributed by atoms with E-state index >= 15 is 0 Å². The van der Waals surface area contributed by atoms with Crippen molar-refractivity contribution in [3.63, 3.8) is 0 Å². The molecule has 0 aromatic heterocycles. The van der Waals surface area contributed by atoms with Crippen molar-refractivity contribution in [3.05, 3.63) is 69.8 Å². The Kier molecular flexibility index (Phi) is 2.82. The van der Waals surface area contributed by atoms with E-state index in [4.69, 9.17) is 0 Å². The molecule has 1 atom stereocenters. The number of carbonyl (C=O) groups excluding carboxylic acids is 2. The molecule has 2 nitrogen and oxygen atoms in total. The second-order valence-corrected chi connectivity index (χ2v) is 5.53. The number of hydrogen-bond donors (Lipinski definition) is 0. The average Bonchev–Trinajstić information content (AvgIpc) is 2.64. The van der Waals surface area contributed by atoms with E-state index in [0.29, 0.717) is 5.56 Å². The number of rotatable bonds is 1. The molecule has 3 rings (SSSR count). The van der Waals surface area contributed by atoms with Crippen LogP contribution in [0.5, 0.6) is 0 Å². The van der Waals surface area contributed by atoms with E-state index in [1.54, 1.807) is 12.1 Å². The Bertz CT molecular complexity index is 718. The molecule has 0 saturated carbocycles. The second kappa shape index (κ2) is 4.41. The maximum Gasteiger partial charge on any atom is 0.229 e. The van der Waals surface area contributed by atoms with Gasteiger partial charge in [-0.15, -0.1) is 0 Å². The van der Waals surface area contributed by atoms with Crippen molar-refractivity contribution in [2.45, 2.75) is 26.7 Å². The molecule has 20 heavy (non-hydrogen) atoms. The summed E-state index contributed by atoms with van der Waals surface area (Å²) in [5.41, 5.74) is 5.71. The summed E-state index contributed by atoms with van der Waals surface area (Å²) in [5, 5.41) is 0. The zero-order valence-corrected chi connectivity index (χ0v) is 11.9. The molecule has 0 heterocycles. The SMILES string of the molecule is Cc1cc(C)c(C2C(=O)C(=O)c3ccccc32)c(C)c1. The first-order chi connectivity index (χ1) is 9.50. The fourth-order valence-corrected chi connectivity index (χ4v) is 3.29. The summed E-state index contributed by atoms with van der Waals surface area (Å²) in [6.45, 7) is 6.06. The standard InChI is InChI=1S/C18H16O2/c1-10-8-11(2)15(12(3)9-10)16-13-6-4-5-7-14(13)17(19)18(16)20/h4-9,16H,1-3H3. The van der Waals surface area contributed by atoms with Crippen molar-refractivity contribution in [2.24, 2.45) is 0 Å². The molecule has 2 aromatic carbocycles. The molecule has 0 spiro atoms. The second-order valence-electron chi connectivity index (χ2n) is 5.53. The minimum atomic E-state index is -0.431. The highest BCUT2D eigenvalue weighted by Crippen LogP contribution is 2.38. The molecule has 0 N–H and O–H groups in total. The average molecular weight is 264 g/mol. The van der Waals surface area contributed by atoms with E-state index in [1.165, 1.54) is 5.56 Å². The van der Waals surface area contributed by atoms with Gasteiger partial charge in [0, 0.05) is 5.56 Å². The highest BCUT2D eigenvalue weighted by atomic mass is 16.2. The van der Waals surface area contributed by atoms with E-state index in [1.807, 2.05) is 32.9 Å². The molecule has 0 fully saturated rings. The Labute approximate surface area is 118 Å². The number of carbonyl (C=O) groups is 2. The third kappa shape index (κ3) is 1.72. The van der Waals surface area contributed by atoms with Gasteiger partial charge in [-0.05, 0) is 43.0 Å². The minimum absolute atomic E-state index is 0.304. The van der Waals surface area contributed by atoms with Gasteiger partial charge in [0.2, 0.25) is 11.6 Å². The predicted molar refractivity (Wildman–Crippen MR) is 78.3 cm³/mol. The van der Waals surface area contributed by atoms with Gasteiger partial charge in [-0.1, -0.05) is 42.0 Å². The van der Waals surface area contributed by atoms with Crippen molar-refractivity contribution in [3.8, 4) is 0 Å². The van der Waals surface area contributed by atoms with Crippen LogP contribution in [0.3, 0.4) is 0 Å². The number of aryl methyl sites for hydroxylation is 3. The Morgan fingerprint density at radius 2 is 1.50 bits per heavy atom. The first kappa shape index (κ1) is 12.8. The van der Waals surface area contributed by atoms with Crippen LogP contribution in [-0.2, 0) is 4.79 Å². The van der Waals surface area contributed by atoms with Crippen LogP contribution in [0.4, 0.5) is 0 Å². The van der Waals surface area contributed by atoms with Crippen LogP contribution in [0.15, 0.2) is 36.4 Å².